The second-order valence-electron chi connectivity index (χ2n) is 6.68. The molecule has 2 N–H and O–H groups in total. The Bertz CT molecular complexity index is 922. The number of anilines is 2. The van der Waals surface area contributed by atoms with Crippen molar-refractivity contribution in [2.75, 3.05) is 12.4 Å². The topological polar surface area (TPSA) is 76.1 Å². The molecule has 1 heterocycles. The summed E-state index contributed by atoms with van der Waals surface area (Å²) in [6, 6.07) is 15.6. The summed E-state index contributed by atoms with van der Waals surface area (Å²) >= 11 is 0. The maximum Gasteiger partial charge on any atom is 0.271 e. The number of carbonyl (C=O) groups is 1. The third-order valence-electron chi connectivity index (χ3n) is 4.34. The molecule has 0 atom stereocenters. The van der Waals surface area contributed by atoms with Crippen LogP contribution in [0.25, 0.3) is 0 Å². The number of ether oxygens (including phenoxy) is 1. The normalized spacial score (nSPS) is 10.6. The van der Waals surface area contributed by atoms with E-state index in [-0.39, 0.29) is 11.6 Å². The highest BCUT2D eigenvalue weighted by molar-refractivity contribution is 5.92. The van der Waals surface area contributed by atoms with Crippen LogP contribution in [0, 0.1) is 0 Å². The Labute approximate surface area is 165 Å². The van der Waals surface area contributed by atoms with Crippen molar-refractivity contribution in [2.24, 2.45) is 0 Å². The Morgan fingerprint density at radius 3 is 2.43 bits per heavy atom. The minimum Gasteiger partial charge on any atom is -0.497 e. The molecule has 144 valence electrons. The maximum absolute atomic E-state index is 12.3. The first-order chi connectivity index (χ1) is 13.6. The third-order valence-corrected chi connectivity index (χ3v) is 4.34. The number of amides is 1. The van der Waals surface area contributed by atoms with Crippen molar-refractivity contribution in [2.45, 2.75) is 26.3 Å². The molecule has 2 aromatic carbocycles. The monoisotopic (exact) mass is 376 g/mol. The van der Waals surface area contributed by atoms with E-state index in [2.05, 4.69) is 40.5 Å². The van der Waals surface area contributed by atoms with Crippen LogP contribution in [0.5, 0.6) is 5.75 Å². The van der Waals surface area contributed by atoms with Crippen molar-refractivity contribution in [3.8, 4) is 5.75 Å². The first-order valence-electron chi connectivity index (χ1n) is 9.16. The van der Waals surface area contributed by atoms with Gasteiger partial charge in [-0.15, -0.1) is 0 Å². The molecule has 3 aromatic rings. The Morgan fingerprint density at radius 2 is 1.79 bits per heavy atom. The van der Waals surface area contributed by atoms with Gasteiger partial charge < -0.3 is 15.4 Å². The lowest BCUT2D eigenvalue weighted by Crippen LogP contribution is -2.24. The van der Waals surface area contributed by atoms with Gasteiger partial charge in [0.15, 0.2) is 0 Å². The van der Waals surface area contributed by atoms with Crippen LogP contribution in [0.3, 0.4) is 0 Å². The van der Waals surface area contributed by atoms with Crippen molar-refractivity contribution >= 4 is 17.4 Å². The minimum absolute atomic E-state index is 0.266. The van der Waals surface area contributed by atoms with Gasteiger partial charge in [-0.3, -0.25) is 4.79 Å². The van der Waals surface area contributed by atoms with Crippen molar-refractivity contribution in [1.29, 1.82) is 0 Å². The van der Waals surface area contributed by atoms with E-state index in [1.54, 1.807) is 13.3 Å². The Hall–Kier alpha value is -3.41. The predicted octanol–water partition coefficient (Wildman–Crippen LogP) is 4.28. The van der Waals surface area contributed by atoms with Gasteiger partial charge in [-0.05, 0) is 35.2 Å². The standard InChI is InChI=1S/C22H24N4O2/c1-15(2)18-6-4-5-7-19(18)26-21-14-23-20(13-24-21)22(27)25-12-16-8-10-17(28-3)11-9-16/h4-11,13-15H,12H2,1-3H3,(H,24,26)(H,25,27). The highest BCUT2D eigenvalue weighted by Gasteiger charge is 2.10. The second kappa shape index (κ2) is 8.99. The number of methoxy groups -OCH3 is 1. The zero-order valence-corrected chi connectivity index (χ0v) is 16.3. The average molecular weight is 376 g/mol. The summed E-state index contributed by atoms with van der Waals surface area (Å²) in [7, 11) is 1.62. The summed E-state index contributed by atoms with van der Waals surface area (Å²) < 4.78 is 5.13. The van der Waals surface area contributed by atoms with E-state index in [1.165, 1.54) is 11.8 Å². The van der Waals surface area contributed by atoms with E-state index in [9.17, 15) is 4.79 Å². The lowest BCUT2D eigenvalue weighted by atomic mass is 10.0. The number of hydrogen-bond acceptors (Lipinski definition) is 5. The molecule has 3 rings (SSSR count). The summed E-state index contributed by atoms with van der Waals surface area (Å²) in [4.78, 5) is 20.8. The zero-order valence-electron chi connectivity index (χ0n) is 16.3. The fourth-order valence-corrected chi connectivity index (χ4v) is 2.78. The Balaban J connectivity index is 1.61. The molecule has 0 aliphatic rings. The number of rotatable bonds is 7. The molecule has 0 aliphatic heterocycles. The van der Waals surface area contributed by atoms with Crippen LogP contribution < -0.4 is 15.4 Å². The van der Waals surface area contributed by atoms with Gasteiger partial charge in [-0.2, -0.15) is 0 Å². The smallest absolute Gasteiger partial charge is 0.271 e. The lowest BCUT2D eigenvalue weighted by Gasteiger charge is -2.14. The maximum atomic E-state index is 12.3. The number of aromatic nitrogens is 2. The molecule has 6 nitrogen and oxygen atoms in total. The van der Waals surface area contributed by atoms with Crippen molar-refractivity contribution in [3.63, 3.8) is 0 Å². The largest absolute Gasteiger partial charge is 0.497 e. The quantitative estimate of drug-likeness (QED) is 0.644. The highest BCUT2D eigenvalue weighted by atomic mass is 16.5. The molecule has 6 heteroatoms. The van der Waals surface area contributed by atoms with Crippen LogP contribution in [0.1, 0.15) is 41.4 Å². The van der Waals surface area contributed by atoms with Gasteiger partial charge >= 0.3 is 0 Å². The van der Waals surface area contributed by atoms with Gasteiger partial charge in [0.05, 0.1) is 19.5 Å². The summed E-state index contributed by atoms with van der Waals surface area (Å²) in [5.74, 6) is 1.50. The Morgan fingerprint density at radius 1 is 1.04 bits per heavy atom. The molecule has 0 saturated carbocycles. The van der Waals surface area contributed by atoms with E-state index in [4.69, 9.17) is 4.74 Å². The number of benzene rings is 2. The summed E-state index contributed by atoms with van der Waals surface area (Å²) in [6.45, 7) is 4.69. The molecular weight excluding hydrogens is 352 g/mol. The van der Waals surface area contributed by atoms with E-state index in [1.807, 2.05) is 42.5 Å². The fourth-order valence-electron chi connectivity index (χ4n) is 2.78. The zero-order chi connectivity index (χ0) is 19.9. The molecule has 0 fully saturated rings. The van der Waals surface area contributed by atoms with Crippen LogP contribution in [0.2, 0.25) is 0 Å². The molecule has 0 spiro atoms. The number of nitrogens with zero attached hydrogens (tertiary/aromatic N) is 2. The van der Waals surface area contributed by atoms with E-state index < -0.39 is 0 Å². The van der Waals surface area contributed by atoms with Crippen LogP contribution in [-0.2, 0) is 6.54 Å². The SMILES string of the molecule is COc1ccc(CNC(=O)c2cnc(Nc3ccccc3C(C)C)cn2)cc1. The van der Waals surface area contributed by atoms with Gasteiger partial charge in [-0.25, -0.2) is 9.97 Å². The van der Waals surface area contributed by atoms with Crippen LogP contribution >= 0.6 is 0 Å². The molecule has 1 aromatic heterocycles. The summed E-state index contributed by atoms with van der Waals surface area (Å²) in [5, 5.41) is 6.11. The summed E-state index contributed by atoms with van der Waals surface area (Å²) in [5.41, 5.74) is 3.44. The lowest BCUT2D eigenvalue weighted by molar-refractivity contribution is 0.0945. The van der Waals surface area contributed by atoms with Crippen molar-refractivity contribution < 1.29 is 9.53 Å². The molecular formula is C22H24N4O2. The number of para-hydroxylation sites is 1. The highest BCUT2D eigenvalue weighted by Crippen LogP contribution is 2.25. The van der Waals surface area contributed by atoms with Crippen LogP contribution in [0.15, 0.2) is 60.9 Å². The fraction of sp³-hybridized carbons (Fsp3) is 0.227. The minimum atomic E-state index is -0.266. The van der Waals surface area contributed by atoms with E-state index in [0.717, 1.165) is 17.0 Å². The van der Waals surface area contributed by atoms with Crippen LogP contribution in [0.4, 0.5) is 11.5 Å². The molecule has 1 amide bonds. The number of nitrogens with one attached hydrogen (secondary N) is 2. The van der Waals surface area contributed by atoms with Crippen molar-refractivity contribution in [3.05, 3.63) is 77.7 Å². The van der Waals surface area contributed by atoms with E-state index in [0.29, 0.717) is 18.3 Å². The van der Waals surface area contributed by atoms with Crippen molar-refractivity contribution in [1.82, 2.24) is 15.3 Å². The van der Waals surface area contributed by atoms with Crippen LogP contribution in [-0.4, -0.2) is 23.0 Å². The molecule has 0 saturated heterocycles. The number of hydrogen-bond donors (Lipinski definition) is 2. The average Bonchev–Trinajstić information content (AvgIpc) is 2.73. The predicted molar refractivity (Wildman–Crippen MR) is 110 cm³/mol. The molecule has 28 heavy (non-hydrogen) atoms. The summed E-state index contributed by atoms with van der Waals surface area (Å²) in [6.07, 6.45) is 3.04. The van der Waals surface area contributed by atoms with Gasteiger partial charge in [0.1, 0.15) is 17.3 Å². The molecule has 0 bridgehead atoms. The van der Waals surface area contributed by atoms with Gasteiger partial charge in [0.2, 0.25) is 0 Å². The first kappa shape index (κ1) is 19.4. The van der Waals surface area contributed by atoms with E-state index >= 15 is 0 Å². The third kappa shape index (κ3) is 4.85. The molecule has 0 aliphatic carbocycles. The van der Waals surface area contributed by atoms with Gasteiger partial charge in [-0.1, -0.05) is 44.2 Å². The van der Waals surface area contributed by atoms with Gasteiger partial charge in [0, 0.05) is 12.2 Å². The molecule has 0 unspecified atom stereocenters. The first-order valence-corrected chi connectivity index (χ1v) is 9.16. The molecule has 0 radical (unpaired) electrons. The second-order valence-corrected chi connectivity index (χ2v) is 6.68. The number of carbonyl (C=O) groups excluding carboxylic acids is 1. The Kier molecular flexibility index (Phi) is 6.22. The van der Waals surface area contributed by atoms with Gasteiger partial charge in [0.25, 0.3) is 5.91 Å².